The molecule has 2 aromatic rings. The van der Waals surface area contributed by atoms with E-state index in [2.05, 4.69) is 5.32 Å². The summed E-state index contributed by atoms with van der Waals surface area (Å²) in [6, 6.07) is 13.4. The van der Waals surface area contributed by atoms with Crippen LogP contribution in [0.2, 0.25) is 0 Å². The molecule has 0 saturated carbocycles. The van der Waals surface area contributed by atoms with Crippen molar-refractivity contribution >= 4 is 33.2 Å². The average Bonchev–Trinajstić information content (AvgIpc) is 2.72. The van der Waals surface area contributed by atoms with Crippen LogP contribution in [0.5, 0.6) is 0 Å². The molecule has 1 fully saturated rings. The number of hydrogen-bond acceptors (Lipinski definition) is 4. The topological polar surface area (TPSA) is 83.6 Å². The predicted octanol–water partition coefficient (Wildman–Crippen LogP) is 2.95. The van der Waals surface area contributed by atoms with Crippen LogP contribution in [-0.4, -0.2) is 26.0 Å². The highest BCUT2D eigenvalue weighted by atomic mass is 32.2. The van der Waals surface area contributed by atoms with E-state index in [0.29, 0.717) is 5.69 Å². The van der Waals surface area contributed by atoms with E-state index in [9.17, 15) is 18.0 Å². The zero-order valence-electron chi connectivity index (χ0n) is 14.8. The molecule has 0 bridgehead atoms. The number of nitrogens with zero attached hydrogens (tertiary/aromatic N) is 1. The highest BCUT2D eigenvalue weighted by molar-refractivity contribution is 7.94. The second kappa shape index (κ2) is 6.25. The summed E-state index contributed by atoms with van der Waals surface area (Å²) in [6.07, 6.45) is 0. The van der Waals surface area contributed by atoms with Gasteiger partial charge in [0.1, 0.15) is 0 Å². The summed E-state index contributed by atoms with van der Waals surface area (Å²) >= 11 is 0. The molecule has 1 saturated heterocycles. The fourth-order valence-corrected chi connectivity index (χ4v) is 4.97. The Morgan fingerprint density at radius 2 is 1.77 bits per heavy atom. The fourth-order valence-electron chi connectivity index (χ4n) is 2.87. The number of amides is 2. The van der Waals surface area contributed by atoms with Crippen LogP contribution in [-0.2, 0) is 14.8 Å². The summed E-state index contributed by atoms with van der Waals surface area (Å²) < 4.78 is 25.6. The van der Waals surface area contributed by atoms with Gasteiger partial charge in [0.05, 0.1) is 16.9 Å². The Kier molecular flexibility index (Phi) is 4.36. The summed E-state index contributed by atoms with van der Waals surface area (Å²) in [5, 5.41) is 2.76. The summed E-state index contributed by atoms with van der Waals surface area (Å²) in [7, 11) is -3.75. The Hall–Kier alpha value is -2.67. The lowest BCUT2D eigenvalue weighted by molar-refractivity contribution is -0.123. The molecule has 26 heavy (non-hydrogen) atoms. The highest BCUT2D eigenvalue weighted by Gasteiger charge is 2.49. The Morgan fingerprint density at radius 3 is 2.35 bits per heavy atom. The number of nitrogens with one attached hydrogen (secondary N) is 1. The Balaban J connectivity index is 1.90. The molecule has 0 spiro atoms. The number of anilines is 2. The zero-order chi connectivity index (χ0) is 19.1. The van der Waals surface area contributed by atoms with Gasteiger partial charge in [0, 0.05) is 11.3 Å². The van der Waals surface area contributed by atoms with Gasteiger partial charge in [-0.2, -0.15) is 0 Å². The third-order valence-electron chi connectivity index (χ3n) is 4.24. The van der Waals surface area contributed by atoms with Crippen molar-refractivity contribution in [1.82, 2.24) is 0 Å². The molecule has 6 nitrogen and oxygen atoms in total. The van der Waals surface area contributed by atoms with Crippen molar-refractivity contribution in [3.05, 3.63) is 59.7 Å². The number of sulfonamides is 1. The molecule has 1 aliphatic heterocycles. The van der Waals surface area contributed by atoms with E-state index in [-0.39, 0.29) is 22.9 Å². The van der Waals surface area contributed by atoms with Crippen LogP contribution in [0.4, 0.5) is 11.4 Å². The zero-order valence-corrected chi connectivity index (χ0v) is 15.6. The van der Waals surface area contributed by atoms with Gasteiger partial charge in [0.15, 0.2) is 0 Å². The van der Waals surface area contributed by atoms with Gasteiger partial charge < -0.3 is 5.32 Å². The van der Waals surface area contributed by atoms with Crippen LogP contribution in [0.25, 0.3) is 0 Å². The lowest BCUT2D eigenvalue weighted by Gasteiger charge is -2.18. The quantitative estimate of drug-likeness (QED) is 0.898. The molecule has 3 rings (SSSR count). The maximum Gasteiger partial charge on any atom is 0.255 e. The van der Waals surface area contributed by atoms with Gasteiger partial charge in [-0.05, 0) is 51.1 Å². The van der Waals surface area contributed by atoms with Crippen LogP contribution in [0.3, 0.4) is 0 Å². The normalized spacial score (nSPS) is 18.0. The van der Waals surface area contributed by atoms with Gasteiger partial charge in [-0.15, -0.1) is 0 Å². The number of benzene rings is 2. The van der Waals surface area contributed by atoms with E-state index in [4.69, 9.17) is 0 Å². The summed E-state index contributed by atoms with van der Waals surface area (Å²) in [5.41, 5.74) is 1.18. The number of hydrogen-bond donors (Lipinski definition) is 1. The molecule has 0 radical (unpaired) electrons. The van der Waals surface area contributed by atoms with Crippen LogP contribution in [0, 0.1) is 12.3 Å². The number of carbonyl (C=O) groups excluding carboxylic acids is 2. The van der Waals surface area contributed by atoms with Crippen molar-refractivity contribution in [3.8, 4) is 0 Å². The van der Waals surface area contributed by atoms with Gasteiger partial charge in [0.25, 0.3) is 5.91 Å². The van der Waals surface area contributed by atoms with E-state index in [0.717, 1.165) is 9.87 Å². The second-order valence-corrected chi connectivity index (χ2v) is 8.90. The summed E-state index contributed by atoms with van der Waals surface area (Å²) in [5.74, 6) is -1.12. The van der Waals surface area contributed by atoms with Crippen LogP contribution >= 0.6 is 0 Å². The molecule has 136 valence electrons. The Bertz CT molecular complexity index is 979. The third kappa shape index (κ3) is 3.35. The van der Waals surface area contributed by atoms with E-state index >= 15 is 0 Å². The Labute approximate surface area is 152 Å². The third-order valence-corrected chi connectivity index (χ3v) is 6.26. The largest absolute Gasteiger partial charge is 0.322 e. The molecule has 1 aliphatic rings. The van der Waals surface area contributed by atoms with Crippen molar-refractivity contribution in [1.29, 1.82) is 0 Å². The number of aryl methyl sites for hydroxylation is 1. The minimum atomic E-state index is -3.75. The first-order valence-electron chi connectivity index (χ1n) is 8.16. The first-order valence-corrected chi connectivity index (χ1v) is 9.77. The lowest BCUT2D eigenvalue weighted by Crippen LogP contribution is -2.33. The summed E-state index contributed by atoms with van der Waals surface area (Å²) in [4.78, 5) is 25.0. The maximum absolute atomic E-state index is 12.5. The van der Waals surface area contributed by atoms with Crippen LogP contribution < -0.4 is 9.62 Å². The molecule has 0 unspecified atom stereocenters. The second-order valence-electron chi connectivity index (χ2n) is 7.08. The van der Waals surface area contributed by atoms with Crippen molar-refractivity contribution in [2.75, 3.05) is 15.4 Å². The van der Waals surface area contributed by atoms with Gasteiger partial charge in [-0.25, -0.2) is 12.7 Å². The van der Waals surface area contributed by atoms with Crippen molar-refractivity contribution in [3.63, 3.8) is 0 Å². The Morgan fingerprint density at radius 1 is 1.12 bits per heavy atom. The maximum atomic E-state index is 12.5. The SMILES string of the molecule is Cc1ccc(NC(=O)c2cccc(N3C(=O)C(C)(C)CS3(=O)=O)c2)cc1. The highest BCUT2D eigenvalue weighted by Crippen LogP contribution is 2.35. The first kappa shape index (κ1) is 18.1. The molecule has 0 aliphatic carbocycles. The molecule has 1 heterocycles. The fraction of sp³-hybridized carbons (Fsp3) is 0.263. The van der Waals surface area contributed by atoms with Gasteiger partial charge in [-0.3, -0.25) is 9.59 Å². The molecular weight excluding hydrogens is 352 g/mol. The number of rotatable bonds is 3. The first-order chi connectivity index (χ1) is 12.1. The number of carbonyl (C=O) groups is 2. The van der Waals surface area contributed by atoms with E-state index in [1.54, 1.807) is 38.1 Å². The molecule has 1 N–H and O–H groups in total. The molecule has 2 amide bonds. The summed E-state index contributed by atoms with van der Waals surface area (Å²) in [6.45, 7) is 5.14. The predicted molar refractivity (Wildman–Crippen MR) is 101 cm³/mol. The minimum absolute atomic E-state index is 0.178. The van der Waals surface area contributed by atoms with Gasteiger partial charge in [0.2, 0.25) is 15.9 Å². The molecule has 0 atom stereocenters. The standard InChI is InChI=1S/C19H20N2O4S/c1-13-7-9-15(10-8-13)20-17(22)14-5-4-6-16(11-14)21-18(23)19(2,3)12-26(21,24)25/h4-11H,12H2,1-3H3,(H,20,22). The smallest absolute Gasteiger partial charge is 0.255 e. The minimum Gasteiger partial charge on any atom is -0.322 e. The van der Waals surface area contributed by atoms with E-state index < -0.39 is 21.3 Å². The van der Waals surface area contributed by atoms with E-state index in [1.807, 2.05) is 19.1 Å². The average molecular weight is 372 g/mol. The molecule has 2 aromatic carbocycles. The van der Waals surface area contributed by atoms with Crippen LogP contribution in [0.15, 0.2) is 48.5 Å². The lowest BCUT2D eigenvalue weighted by atomic mass is 9.95. The van der Waals surface area contributed by atoms with Gasteiger partial charge in [-0.1, -0.05) is 23.8 Å². The molecule has 0 aromatic heterocycles. The monoisotopic (exact) mass is 372 g/mol. The van der Waals surface area contributed by atoms with Crippen molar-refractivity contribution in [2.24, 2.45) is 5.41 Å². The van der Waals surface area contributed by atoms with E-state index in [1.165, 1.54) is 12.1 Å². The molecule has 7 heteroatoms. The van der Waals surface area contributed by atoms with Gasteiger partial charge >= 0.3 is 0 Å². The van der Waals surface area contributed by atoms with Crippen LogP contribution in [0.1, 0.15) is 29.8 Å². The molecular formula is C19H20N2O4S. The van der Waals surface area contributed by atoms with Crippen molar-refractivity contribution < 1.29 is 18.0 Å². The van der Waals surface area contributed by atoms with Crippen molar-refractivity contribution in [2.45, 2.75) is 20.8 Å².